The van der Waals surface area contributed by atoms with Crippen molar-refractivity contribution in [3.8, 4) is 5.75 Å². The highest BCUT2D eigenvalue weighted by atomic mass is 16.5. The van der Waals surface area contributed by atoms with Crippen LogP contribution in [0.2, 0.25) is 0 Å². The Kier molecular flexibility index (Phi) is 5.98. The van der Waals surface area contributed by atoms with E-state index in [2.05, 4.69) is 14.9 Å². The maximum Gasteiger partial charge on any atom is 0.381 e. The van der Waals surface area contributed by atoms with E-state index in [4.69, 9.17) is 4.74 Å². The van der Waals surface area contributed by atoms with Crippen LogP contribution in [0.4, 0.5) is 11.4 Å². The van der Waals surface area contributed by atoms with Crippen molar-refractivity contribution >= 4 is 23.3 Å². The number of benzene rings is 2. The Morgan fingerprint density at radius 1 is 1.03 bits per heavy atom. The molecule has 8 heteroatoms. The quantitative estimate of drug-likeness (QED) is 0.447. The predicted octanol–water partition coefficient (Wildman–Crippen LogP) is 3.34. The largest absolute Gasteiger partial charge is 0.421 e. The molecule has 2 aromatic carbocycles. The second kappa shape index (κ2) is 9.23. The number of hydrogen-bond acceptors (Lipinski definition) is 7. The summed E-state index contributed by atoms with van der Waals surface area (Å²) >= 11 is 0. The first-order valence-corrected chi connectivity index (χ1v) is 11.4. The van der Waals surface area contributed by atoms with Gasteiger partial charge in [0, 0.05) is 38.5 Å². The fourth-order valence-corrected chi connectivity index (χ4v) is 4.63. The van der Waals surface area contributed by atoms with Gasteiger partial charge in [-0.25, -0.2) is 14.8 Å². The van der Waals surface area contributed by atoms with Crippen LogP contribution in [-0.2, 0) is 17.9 Å². The van der Waals surface area contributed by atoms with Gasteiger partial charge in [0.05, 0.1) is 24.0 Å². The molecule has 5 rings (SSSR count). The van der Waals surface area contributed by atoms with Crippen molar-refractivity contribution in [3.05, 3.63) is 77.9 Å². The molecule has 0 radical (unpaired) electrons. The maximum absolute atomic E-state index is 12.7. The molecule has 1 aliphatic carbocycles. The second-order valence-electron chi connectivity index (χ2n) is 8.71. The van der Waals surface area contributed by atoms with E-state index in [1.54, 1.807) is 25.1 Å². The Hall–Kier alpha value is -3.78. The molecule has 1 fully saturated rings. The van der Waals surface area contributed by atoms with E-state index in [1.807, 2.05) is 35.2 Å². The molecule has 3 aromatic rings. The summed E-state index contributed by atoms with van der Waals surface area (Å²) in [5, 5.41) is 9.82. The predicted molar refractivity (Wildman–Crippen MR) is 127 cm³/mol. The monoisotopic (exact) mass is 458 g/mol. The highest BCUT2D eigenvalue weighted by molar-refractivity contribution is 5.98. The number of anilines is 2. The molecule has 2 heterocycles. The van der Waals surface area contributed by atoms with E-state index in [9.17, 15) is 14.7 Å². The van der Waals surface area contributed by atoms with Crippen LogP contribution in [0.3, 0.4) is 0 Å². The summed E-state index contributed by atoms with van der Waals surface area (Å²) in [4.78, 5) is 37.2. The molecule has 1 amide bonds. The molecule has 34 heavy (non-hydrogen) atoms. The summed E-state index contributed by atoms with van der Waals surface area (Å²) in [7, 11) is 0. The fraction of sp³-hybridized carbons (Fsp3) is 0.308. The van der Waals surface area contributed by atoms with E-state index in [-0.39, 0.29) is 24.4 Å². The number of hydrogen-bond donors (Lipinski definition) is 1. The molecular formula is C26H26N4O4. The van der Waals surface area contributed by atoms with Crippen molar-refractivity contribution in [2.24, 2.45) is 5.92 Å². The number of esters is 1. The Balaban J connectivity index is 1.52. The van der Waals surface area contributed by atoms with Crippen molar-refractivity contribution in [1.82, 2.24) is 9.97 Å². The molecule has 0 spiro atoms. The number of rotatable bonds is 6. The Labute approximate surface area is 197 Å². The first-order valence-electron chi connectivity index (χ1n) is 11.4. The molecule has 1 atom stereocenters. The van der Waals surface area contributed by atoms with Gasteiger partial charge in [-0.05, 0) is 48.1 Å². The lowest BCUT2D eigenvalue weighted by Gasteiger charge is -2.43. The van der Waals surface area contributed by atoms with E-state index in [0.29, 0.717) is 24.8 Å². The topological polar surface area (TPSA) is 95.9 Å². The van der Waals surface area contributed by atoms with Gasteiger partial charge in [-0.15, -0.1) is 0 Å². The van der Waals surface area contributed by atoms with E-state index < -0.39 is 5.97 Å². The zero-order valence-corrected chi connectivity index (χ0v) is 18.9. The number of aromatic nitrogens is 2. The third kappa shape index (κ3) is 4.36. The minimum atomic E-state index is -0.646. The first-order chi connectivity index (χ1) is 16.5. The number of nitrogens with zero attached hydrogens (tertiary/aromatic N) is 4. The van der Waals surface area contributed by atoms with Gasteiger partial charge >= 0.3 is 5.97 Å². The Morgan fingerprint density at radius 3 is 2.44 bits per heavy atom. The number of carbonyl (C=O) groups excluding carboxylic acids is 2. The molecule has 8 nitrogen and oxygen atoms in total. The van der Waals surface area contributed by atoms with Crippen LogP contribution in [0.15, 0.2) is 60.9 Å². The van der Waals surface area contributed by atoms with Gasteiger partial charge in [0.15, 0.2) is 0 Å². The molecule has 2 aliphatic rings. The van der Waals surface area contributed by atoms with E-state index in [0.717, 1.165) is 35.3 Å². The average Bonchev–Trinajstić information content (AvgIpc) is 3.70. The van der Waals surface area contributed by atoms with Gasteiger partial charge in [-0.2, -0.15) is 0 Å². The van der Waals surface area contributed by atoms with Crippen molar-refractivity contribution in [2.75, 3.05) is 16.3 Å². The van der Waals surface area contributed by atoms with Crippen molar-refractivity contribution < 1.29 is 19.4 Å². The van der Waals surface area contributed by atoms with Crippen LogP contribution in [0.25, 0.3) is 0 Å². The summed E-state index contributed by atoms with van der Waals surface area (Å²) in [6.07, 6.45) is 5.19. The minimum Gasteiger partial charge on any atom is -0.421 e. The van der Waals surface area contributed by atoms with Crippen LogP contribution >= 0.6 is 0 Å². The van der Waals surface area contributed by atoms with Gasteiger partial charge in [0.2, 0.25) is 11.7 Å². The summed E-state index contributed by atoms with van der Waals surface area (Å²) < 4.78 is 5.56. The van der Waals surface area contributed by atoms with Crippen LogP contribution in [0, 0.1) is 5.92 Å². The third-order valence-corrected chi connectivity index (χ3v) is 6.40. The van der Waals surface area contributed by atoms with E-state index >= 15 is 0 Å². The van der Waals surface area contributed by atoms with Gasteiger partial charge in [-0.1, -0.05) is 24.3 Å². The zero-order valence-electron chi connectivity index (χ0n) is 18.9. The number of aliphatic hydroxyl groups is 1. The molecule has 1 N–H and O–H groups in total. The highest BCUT2D eigenvalue weighted by Crippen LogP contribution is 2.45. The molecular weight excluding hydrogens is 432 g/mol. The van der Waals surface area contributed by atoms with Crippen LogP contribution in [0.1, 0.15) is 41.5 Å². The first kappa shape index (κ1) is 22.0. The number of aliphatic hydroxyl groups excluding tert-OH is 1. The molecule has 1 aliphatic heterocycles. The molecule has 174 valence electrons. The van der Waals surface area contributed by atoms with E-state index in [1.165, 1.54) is 12.4 Å². The summed E-state index contributed by atoms with van der Waals surface area (Å²) in [5.41, 5.74) is 3.48. The number of amides is 1. The van der Waals surface area contributed by atoms with Gasteiger partial charge < -0.3 is 19.6 Å². The van der Waals surface area contributed by atoms with Crippen LogP contribution in [0.5, 0.6) is 5.75 Å². The summed E-state index contributed by atoms with van der Waals surface area (Å²) in [6.45, 7) is 2.78. The summed E-state index contributed by atoms with van der Waals surface area (Å²) in [5.74, 6) is 0.155. The SMILES string of the molecule is CC(=O)N1c2ccc(OC(=O)c3ncccn3)cc2N(Cc2ccccc2CO)C[C@@H]1C1CC1. The normalized spacial score (nSPS) is 17.3. The second-order valence-corrected chi connectivity index (χ2v) is 8.71. The minimum absolute atomic E-state index is 0.00371. The molecule has 0 bridgehead atoms. The highest BCUT2D eigenvalue weighted by Gasteiger charge is 2.42. The van der Waals surface area contributed by atoms with Gasteiger partial charge in [0.25, 0.3) is 0 Å². The zero-order chi connectivity index (χ0) is 23.7. The number of carbonyl (C=O) groups is 2. The van der Waals surface area contributed by atoms with Gasteiger partial charge in [0.1, 0.15) is 5.75 Å². The van der Waals surface area contributed by atoms with Crippen LogP contribution < -0.4 is 14.5 Å². The molecule has 1 saturated carbocycles. The van der Waals surface area contributed by atoms with Crippen molar-refractivity contribution in [2.45, 2.75) is 39.0 Å². The summed E-state index contributed by atoms with van der Waals surface area (Å²) in [6, 6.07) is 14.8. The van der Waals surface area contributed by atoms with Crippen molar-refractivity contribution in [1.29, 1.82) is 0 Å². The fourth-order valence-electron chi connectivity index (χ4n) is 4.63. The lowest BCUT2D eigenvalue weighted by Crippen LogP contribution is -2.52. The average molecular weight is 459 g/mol. The van der Waals surface area contributed by atoms with Gasteiger partial charge in [-0.3, -0.25) is 4.79 Å². The lowest BCUT2D eigenvalue weighted by atomic mass is 10.0. The Bertz CT molecular complexity index is 1210. The maximum atomic E-state index is 12.7. The standard InChI is InChI=1S/C26H26N4O4/c1-17(32)30-22-10-9-21(34-26(33)25-27-11-4-12-28-25)13-23(22)29(15-24(30)18-7-8-18)14-19-5-2-3-6-20(19)16-31/h2-6,9-13,18,24,31H,7-8,14-16H2,1H3/t24-/m1/s1. The Morgan fingerprint density at radius 2 is 1.76 bits per heavy atom. The molecule has 0 saturated heterocycles. The van der Waals surface area contributed by atoms with Crippen molar-refractivity contribution in [3.63, 3.8) is 0 Å². The molecule has 0 unspecified atom stereocenters. The molecule has 1 aromatic heterocycles. The number of ether oxygens (including phenoxy) is 1. The smallest absolute Gasteiger partial charge is 0.381 e. The third-order valence-electron chi connectivity index (χ3n) is 6.40. The lowest BCUT2D eigenvalue weighted by molar-refractivity contribution is -0.117. The van der Waals surface area contributed by atoms with Crippen LogP contribution in [-0.4, -0.2) is 39.5 Å². The number of fused-ring (bicyclic) bond motifs is 1.